The Hall–Kier alpha value is -2.95. The van der Waals surface area contributed by atoms with E-state index < -0.39 is 0 Å². The Bertz CT molecular complexity index is 977. The summed E-state index contributed by atoms with van der Waals surface area (Å²) >= 11 is 0. The lowest BCUT2D eigenvalue weighted by atomic mass is 10.1. The van der Waals surface area contributed by atoms with Crippen LogP contribution in [0.3, 0.4) is 0 Å². The van der Waals surface area contributed by atoms with Crippen molar-refractivity contribution in [1.82, 2.24) is 15.1 Å². The molecular formula is C21H23N3O2. The van der Waals surface area contributed by atoms with Gasteiger partial charge in [-0.1, -0.05) is 62.4 Å². The van der Waals surface area contributed by atoms with Crippen LogP contribution in [-0.2, 0) is 6.54 Å². The molecule has 0 spiro atoms. The Balaban J connectivity index is 2.08. The predicted molar refractivity (Wildman–Crippen MR) is 103 cm³/mol. The lowest BCUT2D eigenvalue weighted by Crippen LogP contribution is -2.38. The fraction of sp³-hybridized carbons (Fsp3) is 0.286. The Morgan fingerprint density at radius 2 is 1.62 bits per heavy atom. The molecule has 3 rings (SSSR count). The highest BCUT2D eigenvalue weighted by atomic mass is 16.2. The molecule has 3 aromatic rings. The van der Waals surface area contributed by atoms with Gasteiger partial charge in [-0.25, -0.2) is 4.68 Å². The third kappa shape index (κ3) is 3.67. The minimum atomic E-state index is -0.260. The molecule has 0 radical (unpaired) electrons. The van der Waals surface area contributed by atoms with Gasteiger partial charge in [0, 0.05) is 11.4 Å². The summed E-state index contributed by atoms with van der Waals surface area (Å²) in [7, 11) is 0. The number of fused-ring (bicyclic) bond motifs is 1. The standard InChI is InChI=1S/C21H23N3O2/c1-14(2)15(3)22-20(25)19-17-11-7-8-12-18(17)21(26)24(23-19)13-16-9-5-4-6-10-16/h4-12,14-15H,13H2,1-3H3,(H,22,25)/t15-/m0/s1. The summed E-state index contributed by atoms with van der Waals surface area (Å²) in [4.78, 5) is 25.6. The molecule has 1 heterocycles. The molecule has 2 aromatic carbocycles. The number of nitrogens with one attached hydrogen (secondary N) is 1. The molecule has 1 aromatic heterocycles. The highest BCUT2D eigenvalue weighted by Crippen LogP contribution is 2.14. The Morgan fingerprint density at radius 3 is 2.27 bits per heavy atom. The molecule has 0 saturated heterocycles. The number of carbonyl (C=O) groups excluding carboxylic acids is 1. The number of aromatic nitrogens is 2. The molecule has 0 aliphatic rings. The van der Waals surface area contributed by atoms with E-state index in [9.17, 15) is 9.59 Å². The zero-order chi connectivity index (χ0) is 18.7. The SMILES string of the molecule is CC(C)[C@H](C)NC(=O)c1nn(Cc2ccccc2)c(=O)c2ccccc12. The van der Waals surface area contributed by atoms with Crippen LogP contribution >= 0.6 is 0 Å². The first-order valence-corrected chi connectivity index (χ1v) is 8.82. The average molecular weight is 349 g/mol. The summed E-state index contributed by atoms with van der Waals surface area (Å²) in [6.07, 6.45) is 0. The number of benzene rings is 2. The van der Waals surface area contributed by atoms with Gasteiger partial charge in [-0.3, -0.25) is 9.59 Å². The first-order valence-electron chi connectivity index (χ1n) is 8.82. The average Bonchev–Trinajstić information content (AvgIpc) is 2.64. The van der Waals surface area contributed by atoms with E-state index in [0.717, 1.165) is 5.56 Å². The summed E-state index contributed by atoms with van der Waals surface area (Å²) < 4.78 is 1.37. The van der Waals surface area contributed by atoms with Gasteiger partial charge in [0.25, 0.3) is 11.5 Å². The van der Waals surface area contributed by atoms with E-state index >= 15 is 0 Å². The van der Waals surface area contributed by atoms with Gasteiger partial charge >= 0.3 is 0 Å². The normalized spacial score (nSPS) is 12.3. The minimum absolute atomic E-state index is 0.0116. The van der Waals surface area contributed by atoms with Gasteiger partial charge < -0.3 is 5.32 Å². The third-order valence-corrected chi connectivity index (χ3v) is 4.62. The third-order valence-electron chi connectivity index (χ3n) is 4.62. The first-order chi connectivity index (χ1) is 12.5. The second-order valence-electron chi connectivity index (χ2n) is 6.85. The molecule has 0 unspecified atom stereocenters. The second-order valence-corrected chi connectivity index (χ2v) is 6.85. The zero-order valence-corrected chi connectivity index (χ0v) is 15.3. The number of nitrogens with zero attached hydrogens (tertiary/aromatic N) is 2. The maximum absolute atomic E-state index is 12.8. The lowest BCUT2D eigenvalue weighted by molar-refractivity contribution is 0.0925. The molecular weight excluding hydrogens is 326 g/mol. The molecule has 0 aliphatic carbocycles. The van der Waals surface area contributed by atoms with Crippen LogP contribution < -0.4 is 10.9 Å². The van der Waals surface area contributed by atoms with Crippen molar-refractivity contribution < 1.29 is 4.79 Å². The van der Waals surface area contributed by atoms with Gasteiger partial charge in [-0.15, -0.1) is 0 Å². The molecule has 0 fully saturated rings. The molecule has 5 nitrogen and oxygen atoms in total. The lowest BCUT2D eigenvalue weighted by Gasteiger charge is -2.18. The summed E-state index contributed by atoms with van der Waals surface area (Å²) in [6, 6.07) is 16.8. The van der Waals surface area contributed by atoms with Crippen LogP contribution in [0.4, 0.5) is 0 Å². The number of carbonyl (C=O) groups is 1. The minimum Gasteiger partial charge on any atom is -0.348 e. The van der Waals surface area contributed by atoms with Crippen molar-refractivity contribution in [3.8, 4) is 0 Å². The fourth-order valence-corrected chi connectivity index (χ4v) is 2.71. The highest BCUT2D eigenvalue weighted by Gasteiger charge is 2.19. The van der Waals surface area contributed by atoms with E-state index in [1.54, 1.807) is 18.2 Å². The molecule has 134 valence electrons. The Kier molecular flexibility index (Phi) is 5.16. The Labute approximate surface area is 152 Å². The van der Waals surface area contributed by atoms with Crippen molar-refractivity contribution in [3.05, 3.63) is 76.2 Å². The zero-order valence-electron chi connectivity index (χ0n) is 15.3. The summed E-state index contributed by atoms with van der Waals surface area (Å²) in [5.41, 5.74) is 1.04. The van der Waals surface area contributed by atoms with E-state index in [0.29, 0.717) is 23.2 Å². The van der Waals surface area contributed by atoms with Gasteiger partial charge in [0.05, 0.1) is 11.9 Å². The van der Waals surface area contributed by atoms with E-state index in [4.69, 9.17) is 0 Å². The smallest absolute Gasteiger partial charge is 0.274 e. The van der Waals surface area contributed by atoms with Gasteiger partial charge in [-0.2, -0.15) is 5.10 Å². The maximum atomic E-state index is 12.8. The summed E-state index contributed by atoms with van der Waals surface area (Å²) in [5, 5.41) is 8.46. The van der Waals surface area contributed by atoms with Crippen molar-refractivity contribution in [2.75, 3.05) is 0 Å². The van der Waals surface area contributed by atoms with Gasteiger partial charge in [-0.05, 0) is 24.5 Å². The van der Waals surface area contributed by atoms with Crippen LogP contribution in [-0.4, -0.2) is 21.7 Å². The van der Waals surface area contributed by atoms with E-state index in [2.05, 4.69) is 10.4 Å². The second kappa shape index (κ2) is 7.52. The van der Waals surface area contributed by atoms with Crippen molar-refractivity contribution in [2.24, 2.45) is 5.92 Å². The first kappa shape index (κ1) is 17.9. The molecule has 26 heavy (non-hydrogen) atoms. The molecule has 1 amide bonds. The van der Waals surface area contributed by atoms with E-state index in [-0.39, 0.29) is 23.2 Å². The largest absolute Gasteiger partial charge is 0.348 e. The van der Waals surface area contributed by atoms with Crippen LogP contribution in [0.25, 0.3) is 10.8 Å². The molecule has 1 atom stereocenters. The van der Waals surface area contributed by atoms with Crippen molar-refractivity contribution in [3.63, 3.8) is 0 Å². The number of hydrogen-bond acceptors (Lipinski definition) is 3. The van der Waals surface area contributed by atoms with Crippen LogP contribution in [0, 0.1) is 5.92 Å². The van der Waals surface area contributed by atoms with Gasteiger partial charge in [0.15, 0.2) is 5.69 Å². The number of amides is 1. The summed E-state index contributed by atoms with van der Waals surface area (Å²) in [6.45, 7) is 6.38. The molecule has 0 aliphatic heterocycles. The van der Waals surface area contributed by atoms with Crippen LogP contribution in [0.1, 0.15) is 36.8 Å². The van der Waals surface area contributed by atoms with Crippen LogP contribution in [0.5, 0.6) is 0 Å². The Morgan fingerprint density at radius 1 is 1.00 bits per heavy atom. The molecule has 5 heteroatoms. The summed E-state index contributed by atoms with van der Waals surface area (Å²) in [5.74, 6) is 0.0460. The van der Waals surface area contributed by atoms with E-state index in [1.165, 1.54) is 4.68 Å². The number of hydrogen-bond donors (Lipinski definition) is 1. The fourth-order valence-electron chi connectivity index (χ4n) is 2.71. The van der Waals surface area contributed by atoms with Crippen molar-refractivity contribution >= 4 is 16.7 Å². The van der Waals surface area contributed by atoms with Crippen molar-refractivity contribution in [2.45, 2.75) is 33.4 Å². The topological polar surface area (TPSA) is 64.0 Å². The predicted octanol–water partition coefficient (Wildman–Crippen LogP) is 3.22. The highest BCUT2D eigenvalue weighted by molar-refractivity contribution is 6.04. The maximum Gasteiger partial charge on any atom is 0.274 e. The number of rotatable bonds is 5. The van der Waals surface area contributed by atoms with Crippen molar-refractivity contribution in [1.29, 1.82) is 0 Å². The monoisotopic (exact) mass is 349 g/mol. The van der Waals surface area contributed by atoms with Gasteiger partial charge in [0.1, 0.15) is 0 Å². The molecule has 0 bridgehead atoms. The van der Waals surface area contributed by atoms with Crippen LogP contribution in [0.15, 0.2) is 59.4 Å². The van der Waals surface area contributed by atoms with Gasteiger partial charge in [0.2, 0.25) is 0 Å². The molecule has 0 saturated carbocycles. The van der Waals surface area contributed by atoms with E-state index in [1.807, 2.05) is 57.2 Å². The van der Waals surface area contributed by atoms with Crippen LogP contribution in [0.2, 0.25) is 0 Å². The molecule has 1 N–H and O–H groups in total. The quantitative estimate of drug-likeness (QED) is 0.769.